The first-order chi connectivity index (χ1) is 11.2. The average molecular weight is 316 g/mol. The summed E-state index contributed by atoms with van der Waals surface area (Å²) in [6.07, 6.45) is 5.18. The Kier molecular flexibility index (Phi) is 6.72. The van der Waals surface area contributed by atoms with E-state index in [1.54, 1.807) is 12.1 Å². The Morgan fingerprint density at radius 3 is 2.83 bits per heavy atom. The highest BCUT2D eigenvalue weighted by Crippen LogP contribution is 2.05. The molecule has 0 spiro atoms. The second kappa shape index (κ2) is 9.02. The second-order valence-corrected chi connectivity index (χ2v) is 5.65. The van der Waals surface area contributed by atoms with Crippen molar-refractivity contribution < 1.29 is 4.79 Å². The van der Waals surface area contributed by atoms with Gasteiger partial charge in [-0.2, -0.15) is 0 Å². The van der Waals surface area contributed by atoms with Gasteiger partial charge in [0.2, 0.25) is 5.91 Å². The summed E-state index contributed by atoms with van der Waals surface area (Å²) in [6.45, 7) is 3.40. The van der Waals surface area contributed by atoms with Gasteiger partial charge in [-0.15, -0.1) is 5.10 Å². The van der Waals surface area contributed by atoms with E-state index in [9.17, 15) is 9.59 Å². The normalized spacial score (nSPS) is 10.8. The van der Waals surface area contributed by atoms with E-state index in [0.29, 0.717) is 23.9 Å². The van der Waals surface area contributed by atoms with Gasteiger partial charge < -0.3 is 5.32 Å². The predicted octanol–water partition coefficient (Wildman–Crippen LogP) is 2.27. The van der Waals surface area contributed by atoms with Gasteiger partial charge in [0.1, 0.15) is 5.52 Å². The third-order valence-electron chi connectivity index (χ3n) is 3.76. The average Bonchev–Trinajstić information content (AvgIpc) is 2.57. The van der Waals surface area contributed by atoms with Crippen LogP contribution < -0.4 is 10.9 Å². The maximum atomic E-state index is 12.2. The van der Waals surface area contributed by atoms with Crippen molar-refractivity contribution in [3.63, 3.8) is 0 Å². The minimum absolute atomic E-state index is 0.104. The maximum Gasteiger partial charge on any atom is 0.277 e. The van der Waals surface area contributed by atoms with Crippen LogP contribution in [0.3, 0.4) is 0 Å². The number of hydrogen-bond donors (Lipinski definition) is 1. The fraction of sp³-hybridized carbons (Fsp3) is 0.529. The van der Waals surface area contributed by atoms with Crippen LogP contribution in [-0.2, 0) is 11.3 Å². The van der Waals surface area contributed by atoms with Crippen molar-refractivity contribution >= 4 is 16.8 Å². The van der Waals surface area contributed by atoms with E-state index in [1.807, 2.05) is 12.1 Å². The zero-order chi connectivity index (χ0) is 16.5. The van der Waals surface area contributed by atoms with Crippen LogP contribution in [0, 0.1) is 0 Å². The number of amides is 1. The van der Waals surface area contributed by atoms with Gasteiger partial charge in [-0.25, -0.2) is 4.68 Å². The molecule has 0 saturated carbocycles. The van der Waals surface area contributed by atoms with Crippen molar-refractivity contribution in [2.24, 2.45) is 0 Å². The summed E-state index contributed by atoms with van der Waals surface area (Å²) < 4.78 is 1.41. The SMILES string of the molecule is CCCCNC(=O)CCCCCn1nnc2ccccc2c1=O. The molecule has 124 valence electrons. The zero-order valence-corrected chi connectivity index (χ0v) is 13.6. The minimum Gasteiger partial charge on any atom is -0.356 e. The summed E-state index contributed by atoms with van der Waals surface area (Å²) in [5, 5.41) is 11.5. The van der Waals surface area contributed by atoms with Gasteiger partial charge in [0.05, 0.1) is 5.39 Å². The smallest absolute Gasteiger partial charge is 0.277 e. The Morgan fingerprint density at radius 1 is 1.17 bits per heavy atom. The third kappa shape index (κ3) is 5.16. The summed E-state index contributed by atoms with van der Waals surface area (Å²) in [5.74, 6) is 0.112. The molecule has 0 atom stereocenters. The number of benzene rings is 1. The van der Waals surface area contributed by atoms with E-state index in [0.717, 1.165) is 38.6 Å². The Morgan fingerprint density at radius 2 is 2.00 bits per heavy atom. The third-order valence-corrected chi connectivity index (χ3v) is 3.76. The lowest BCUT2D eigenvalue weighted by Gasteiger charge is -2.06. The Labute approximate surface area is 135 Å². The first-order valence-corrected chi connectivity index (χ1v) is 8.31. The molecule has 0 aliphatic rings. The second-order valence-electron chi connectivity index (χ2n) is 5.65. The van der Waals surface area contributed by atoms with Gasteiger partial charge in [-0.1, -0.05) is 37.1 Å². The number of nitrogens with one attached hydrogen (secondary N) is 1. The fourth-order valence-electron chi connectivity index (χ4n) is 2.39. The molecule has 0 fully saturated rings. The number of carbonyl (C=O) groups is 1. The van der Waals surface area contributed by atoms with Crippen LogP contribution >= 0.6 is 0 Å². The molecule has 1 N–H and O–H groups in total. The van der Waals surface area contributed by atoms with Crippen molar-refractivity contribution in [2.45, 2.75) is 52.0 Å². The molecule has 1 amide bonds. The van der Waals surface area contributed by atoms with Crippen LogP contribution in [0.5, 0.6) is 0 Å². The molecular weight excluding hydrogens is 292 g/mol. The van der Waals surface area contributed by atoms with Gasteiger partial charge in [0, 0.05) is 19.5 Å². The molecule has 1 heterocycles. The molecule has 6 heteroatoms. The highest BCUT2D eigenvalue weighted by molar-refractivity contribution is 5.76. The quantitative estimate of drug-likeness (QED) is 0.720. The van der Waals surface area contributed by atoms with Crippen LogP contribution in [0.4, 0.5) is 0 Å². The largest absolute Gasteiger partial charge is 0.356 e. The molecule has 6 nitrogen and oxygen atoms in total. The summed E-state index contributed by atoms with van der Waals surface area (Å²) in [7, 11) is 0. The van der Waals surface area contributed by atoms with Crippen molar-refractivity contribution in [3.05, 3.63) is 34.6 Å². The molecule has 0 aliphatic heterocycles. The lowest BCUT2D eigenvalue weighted by atomic mass is 10.2. The van der Waals surface area contributed by atoms with E-state index in [1.165, 1.54) is 4.68 Å². The van der Waals surface area contributed by atoms with E-state index in [2.05, 4.69) is 22.6 Å². The standard InChI is InChI=1S/C17H24N4O2/c1-2-3-12-18-16(22)11-5-4-8-13-21-17(23)14-9-6-7-10-15(14)19-20-21/h6-7,9-10H,2-5,8,11-13H2,1H3,(H,18,22). The zero-order valence-electron chi connectivity index (χ0n) is 13.6. The number of hydrogen-bond acceptors (Lipinski definition) is 4. The van der Waals surface area contributed by atoms with Crippen LogP contribution in [0.25, 0.3) is 10.9 Å². The van der Waals surface area contributed by atoms with Crippen molar-refractivity contribution in [2.75, 3.05) is 6.54 Å². The van der Waals surface area contributed by atoms with E-state index >= 15 is 0 Å². The van der Waals surface area contributed by atoms with Gasteiger partial charge in [0.25, 0.3) is 5.56 Å². The number of aryl methyl sites for hydroxylation is 1. The topological polar surface area (TPSA) is 76.9 Å². The number of rotatable bonds is 9. The highest BCUT2D eigenvalue weighted by atomic mass is 16.1. The number of fused-ring (bicyclic) bond motifs is 1. The van der Waals surface area contributed by atoms with Crippen molar-refractivity contribution in [1.29, 1.82) is 0 Å². The lowest BCUT2D eigenvalue weighted by Crippen LogP contribution is -2.25. The number of nitrogens with zero attached hydrogens (tertiary/aromatic N) is 3. The van der Waals surface area contributed by atoms with E-state index < -0.39 is 0 Å². The van der Waals surface area contributed by atoms with Crippen LogP contribution in [0.2, 0.25) is 0 Å². The molecule has 1 aromatic heterocycles. The molecule has 0 radical (unpaired) electrons. The Hall–Kier alpha value is -2.24. The number of carbonyl (C=O) groups excluding carboxylic acids is 1. The van der Waals surface area contributed by atoms with E-state index in [-0.39, 0.29) is 11.5 Å². The van der Waals surface area contributed by atoms with Crippen LogP contribution in [0.1, 0.15) is 45.4 Å². The summed E-state index contributed by atoms with van der Waals surface area (Å²) in [4.78, 5) is 23.8. The molecule has 1 aromatic carbocycles. The molecular formula is C17H24N4O2. The lowest BCUT2D eigenvalue weighted by molar-refractivity contribution is -0.121. The summed E-state index contributed by atoms with van der Waals surface area (Å²) in [6, 6.07) is 7.22. The Bertz CT molecular complexity index is 696. The van der Waals surface area contributed by atoms with Crippen molar-refractivity contribution in [3.8, 4) is 0 Å². The minimum atomic E-state index is -0.104. The number of unbranched alkanes of at least 4 members (excludes halogenated alkanes) is 3. The van der Waals surface area contributed by atoms with Gasteiger partial charge in [-0.05, 0) is 31.4 Å². The molecule has 0 unspecified atom stereocenters. The monoisotopic (exact) mass is 316 g/mol. The highest BCUT2D eigenvalue weighted by Gasteiger charge is 2.05. The molecule has 0 bridgehead atoms. The van der Waals surface area contributed by atoms with Crippen molar-refractivity contribution in [1.82, 2.24) is 20.3 Å². The number of aromatic nitrogens is 3. The summed E-state index contributed by atoms with van der Waals surface area (Å²) in [5.41, 5.74) is 0.519. The predicted molar refractivity (Wildman–Crippen MR) is 90.2 cm³/mol. The summed E-state index contributed by atoms with van der Waals surface area (Å²) >= 11 is 0. The van der Waals surface area contributed by atoms with Gasteiger partial charge >= 0.3 is 0 Å². The molecule has 23 heavy (non-hydrogen) atoms. The molecule has 0 aliphatic carbocycles. The van der Waals surface area contributed by atoms with Crippen LogP contribution in [-0.4, -0.2) is 27.4 Å². The Balaban J connectivity index is 1.74. The van der Waals surface area contributed by atoms with Gasteiger partial charge in [-0.3, -0.25) is 9.59 Å². The molecule has 2 rings (SSSR count). The molecule has 0 saturated heterocycles. The first-order valence-electron chi connectivity index (χ1n) is 8.31. The maximum absolute atomic E-state index is 12.2. The van der Waals surface area contributed by atoms with E-state index in [4.69, 9.17) is 0 Å². The molecule has 2 aromatic rings. The van der Waals surface area contributed by atoms with Crippen LogP contribution in [0.15, 0.2) is 29.1 Å². The first kappa shape index (κ1) is 17.1. The van der Waals surface area contributed by atoms with Gasteiger partial charge in [0.15, 0.2) is 0 Å². The fourth-order valence-corrected chi connectivity index (χ4v) is 2.39.